The molecule has 2 atom stereocenters. The van der Waals surface area contributed by atoms with E-state index >= 15 is 0 Å². The Hall–Kier alpha value is -2.22. The number of allylic oxidation sites excluding steroid dienone is 9. The molecule has 0 heterocycles. The molecule has 0 aliphatic rings. The summed E-state index contributed by atoms with van der Waals surface area (Å²) in [6.07, 6.45) is 43.3. The van der Waals surface area contributed by atoms with Crippen LogP contribution in [0.15, 0.2) is 73.1 Å². The number of hydrogen-bond donors (Lipinski definition) is 3. The van der Waals surface area contributed by atoms with Crippen LogP contribution in [0, 0.1) is 0 Å². The number of hydrogen-bond acceptors (Lipinski definition) is 6. The molecule has 0 radical (unpaired) electrons. The summed E-state index contributed by atoms with van der Waals surface area (Å²) in [4.78, 5) is 30.4. The molecule has 0 aromatic rings. The molecule has 0 aliphatic heterocycles. The molecule has 276 valence electrons. The van der Waals surface area contributed by atoms with E-state index in [1.807, 2.05) is 55.5 Å². The minimum atomic E-state index is -4.69. The predicted octanol–water partition coefficient (Wildman–Crippen LogP) is 10.5. The molecule has 0 aromatic heterocycles. The lowest BCUT2D eigenvalue weighted by atomic mass is 10.0. The molecule has 0 bridgehead atoms. The van der Waals surface area contributed by atoms with E-state index in [4.69, 9.17) is 19.3 Å². The maximum absolute atomic E-state index is 12.3. The number of aliphatic hydroxyl groups excluding tert-OH is 1. The maximum Gasteiger partial charge on any atom is 0.469 e. The van der Waals surface area contributed by atoms with E-state index in [-0.39, 0.29) is 13.0 Å². The number of phosphoric ester groups is 1. The van der Waals surface area contributed by atoms with E-state index in [1.165, 1.54) is 70.6 Å². The van der Waals surface area contributed by atoms with Crippen LogP contribution in [0.3, 0.4) is 0 Å². The van der Waals surface area contributed by atoms with Crippen LogP contribution >= 0.6 is 7.82 Å². The highest BCUT2D eigenvalue weighted by Crippen LogP contribution is 2.35. The Labute approximate surface area is 292 Å². The second-order valence-electron chi connectivity index (χ2n) is 12.1. The van der Waals surface area contributed by atoms with Crippen molar-refractivity contribution in [1.82, 2.24) is 0 Å². The summed E-state index contributed by atoms with van der Waals surface area (Å²) in [5.74, 6) is -0.459. The Balaban J connectivity index is 4.08. The van der Waals surface area contributed by atoms with Gasteiger partial charge in [-0.3, -0.25) is 9.32 Å². The van der Waals surface area contributed by atoms with Gasteiger partial charge in [0.15, 0.2) is 6.10 Å². The minimum Gasteiger partial charge on any atom is -0.498 e. The van der Waals surface area contributed by atoms with Crippen molar-refractivity contribution >= 4 is 13.8 Å². The lowest BCUT2D eigenvalue weighted by Gasteiger charge is -2.17. The van der Waals surface area contributed by atoms with Crippen molar-refractivity contribution in [2.75, 3.05) is 13.2 Å². The van der Waals surface area contributed by atoms with Gasteiger partial charge in [-0.25, -0.2) is 4.57 Å². The smallest absolute Gasteiger partial charge is 0.469 e. The van der Waals surface area contributed by atoms with Gasteiger partial charge in [0, 0.05) is 6.42 Å². The van der Waals surface area contributed by atoms with Crippen molar-refractivity contribution < 1.29 is 38.3 Å². The number of carbonyl (C=O) groups excluding carboxylic acids is 1. The molecule has 3 N–H and O–H groups in total. The molecule has 0 saturated heterocycles. The van der Waals surface area contributed by atoms with Crippen molar-refractivity contribution in [3.63, 3.8) is 0 Å². The molecular formula is C39H67O8P. The Morgan fingerprint density at radius 2 is 1.27 bits per heavy atom. The standard InChI is InChI=1S/C39H67O8P/c1-3-5-7-8-9-10-11-12-15-18-21-24-27-30-34-45-35-38(36-46-48(42,43)44)47-39(41)33-29-26-23-20-17-14-13-16-19-22-25-28-32-37(40)31-6-4-2/h6,13-14,19-20,22-23,25,28,30-31,34,37-38,40H,3-5,7-12,15-18,21,24,26-27,29,32-33,35-36H2,1-2H3,(H2,42,43,44)/b14-13-,22-19-,23-20-,28-25+,31-6-,34-30+/t37?,38-/m1/s1. The van der Waals surface area contributed by atoms with Gasteiger partial charge >= 0.3 is 13.8 Å². The van der Waals surface area contributed by atoms with Crippen LogP contribution in [0.25, 0.3) is 0 Å². The lowest BCUT2D eigenvalue weighted by Crippen LogP contribution is -2.27. The van der Waals surface area contributed by atoms with Gasteiger partial charge < -0.3 is 24.4 Å². The highest BCUT2D eigenvalue weighted by molar-refractivity contribution is 7.46. The summed E-state index contributed by atoms with van der Waals surface area (Å²) in [6.45, 7) is 3.80. The largest absolute Gasteiger partial charge is 0.498 e. The SMILES string of the molecule is CC/C=C\C(O)C/C=C/C=C\C/C=C\C/C=C\CCCC(=O)O[C@H](CO/C=C/CCCCCCCCCCCCCC)COP(=O)(O)O. The summed E-state index contributed by atoms with van der Waals surface area (Å²) in [6, 6.07) is 0. The van der Waals surface area contributed by atoms with Crippen LogP contribution in [-0.4, -0.2) is 46.3 Å². The van der Waals surface area contributed by atoms with Crippen LogP contribution in [0.1, 0.15) is 142 Å². The quantitative estimate of drug-likeness (QED) is 0.0155. The highest BCUT2D eigenvalue weighted by Gasteiger charge is 2.21. The van der Waals surface area contributed by atoms with Gasteiger partial charge in [-0.05, 0) is 57.4 Å². The van der Waals surface area contributed by atoms with Gasteiger partial charge in [0.05, 0.1) is 19.0 Å². The second-order valence-corrected chi connectivity index (χ2v) is 13.3. The first-order valence-electron chi connectivity index (χ1n) is 18.4. The lowest BCUT2D eigenvalue weighted by molar-refractivity contribution is -0.153. The third-order valence-corrected chi connectivity index (χ3v) is 7.90. The molecular weight excluding hydrogens is 627 g/mol. The van der Waals surface area contributed by atoms with Crippen LogP contribution in [0.5, 0.6) is 0 Å². The molecule has 1 unspecified atom stereocenters. The molecule has 0 spiro atoms. The van der Waals surface area contributed by atoms with E-state index in [9.17, 15) is 14.5 Å². The van der Waals surface area contributed by atoms with E-state index in [2.05, 4.69) is 29.7 Å². The second kappa shape index (κ2) is 34.6. The summed E-state index contributed by atoms with van der Waals surface area (Å²) in [5, 5.41) is 9.73. The molecule has 0 amide bonds. The summed E-state index contributed by atoms with van der Waals surface area (Å²) in [7, 11) is -4.69. The van der Waals surface area contributed by atoms with Gasteiger partial charge in [0.2, 0.25) is 0 Å². The molecule has 0 rings (SSSR count). The monoisotopic (exact) mass is 694 g/mol. The number of aliphatic hydroxyl groups is 1. The van der Waals surface area contributed by atoms with Crippen molar-refractivity contribution in [3.05, 3.63) is 73.1 Å². The fourth-order valence-electron chi connectivity index (χ4n) is 4.70. The molecule has 0 fully saturated rings. The zero-order valence-electron chi connectivity index (χ0n) is 30.0. The fourth-order valence-corrected chi connectivity index (χ4v) is 5.06. The molecule has 48 heavy (non-hydrogen) atoms. The molecule has 9 heteroatoms. The topological polar surface area (TPSA) is 123 Å². The zero-order valence-corrected chi connectivity index (χ0v) is 30.9. The number of carbonyl (C=O) groups is 1. The average Bonchev–Trinajstić information content (AvgIpc) is 3.05. The van der Waals surface area contributed by atoms with Gasteiger partial charge in [0.25, 0.3) is 0 Å². The van der Waals surface area contributed by atoms with Crippen molar-refractivity contribution in [3.8, 4) is 0 Å². The average molecular weight is 695 g/mol. The summed E-state index contributed by atoms with van der Waals surface area (Å²) >= 11 is 0. The summed E-state index contributed by atoms with van der Waals surface area (Å²) in [5.41, 5.74) is 0. The first kappa shape index (κ1) is 45.8. The molecule has 0 saturated carbocycles. The van der Waals surface area contributed by atoms with Crippen molar-refractivity contribution in [1.29, 1.82) is 0 Å². The third kappa shape index (κ3) is 36.6. The van der Waals surface area contributed by atoms with E-state index in [0.29, 0.717) is 12.8 Å². The van der Waals surface area contributed by atoms with Crippen LogP contribution in [0.4, 0.5) is 0 Å². The number of esters is 1. The van der Waals surface area contributed by atoms with Gasteiger partial charge in [-0.2, -0.15) is 0 Å². The third-order valence-electron chi connectivity index (χ3n) is 7.41. The Kier molecular flexibility index (Phi) is 33.0. The number of rotatable bonds is 33. The number of phosphoric acid groups is 1. The highest BCUT2D eigenvalue weighted by atomic mass is 31.2. The fraction of sp³-hybridized carbons (Fsp3) is 0.667. The normalized spacial score (nSPS) is 14.1. The van der Waals surface area contributed by atoms with Crippen molar-refractivity contribution in [2.45, 2.75) is 154 Å². The molecule has 0 aromatic carbocycles. The minimum absolute atomic E-state index is 0.0435. The van der Waals surface area contributed by atoms with Gasteiger partial charge in [-0.1, -0.05) is 145 Å². The Morgan fingerprint density at radius 3 is 1.92 bits per heavy atom. The predicted molar refractivity (Wildman–Crippen MR) is 198 cm³/mol. The number of unbranched alkanes of at least 4 members (excludes halogenated alkanes) is 13. The molecule has 0 aliphatic carbocycles. The first-order chi connectivity index (χ1) is 23.3. The van der Waals surface area contributed by atoms with E-state index < -0.39 is 32.6 Å². The molecule has 8 nitrogen and oxygen atoms in total. The van der Waals surface area contributed by atoms with Gasteiger partial charge in [0.1, 0.15) is 6.61 Å². The zero-order chi connectivity index (χ0) is 35.4. The maximum atomic E-state index is 12.3. The Bertz CT molecular complexity index is 963. The van der Waals surface area contributed by atoms with Crippen LogP contribution < -0.4 is 0 Å². The van der Waals surface area contributed by atoms with E-state index in [1.54, 1.807) is 6.26 Å². The van der Waals surface area contributed by atoms with Crippen molar-refractivity contribution in [2.24, 2.45) is 0 Å². The van der Waals surface area contributed by atoms with Gasteiger partial charge in [-0.15, -0.1) is 0 Å². The van der Waals surface area contributed by atoms with Crippen LogP contribution in [-0.2, 0) is 23.4 Å². The van der Waals surface area contributed by atoms with E-state index in [0.717, 1.165) is 38.5 Å². The summed E-state index contributed by atoms with van der Waals surface area (Å²) < 4.78 is 26.6. The first-order valence-corrected chi connectivity index (χ1v) is 19.9. The number of ether oxygens (including phenoxy) is 2. The Morgan fingerprint density at radius 1 is 0.688 bits per heavy atom. The van der Waals surface area contributed by atoms with Crippen LogP contribution in [0.2, 0.25) is 0 Å².